The van der Waals surface area contributed by atoms with Crippen LogP contribution in [0.3, 0.4) is 0 Å². The molecule has 6 nitrogen and oxygen atoms in total. The number of nitrogens with zero attached hydrogens (tertiary/aromatic N) is 3. The molecule has 0 radical (unpaired) electrons. The molecule has 8 heteroatoms. The maximum Gasteiger partial charge on any atom is 0.254 e. The molecule has 1 fully saturated rings. The number of methoxy groups -OCH3 is 1. The van der Waals surface area contributed by atoms with Gasteiger partial charge in [-0.15, -0.1) is 22.7 Å². The topological polar surface area (TPSA) is 65.9 Å². The van der Waals surface area contributed by atoms with Gasteiger partial charge in [0, 0.05) is 30.6 Å². The van der Waals surface area contributed by atoms with E-state index < -0.39 is 6.10 Å². The average molecular weight is 430 g/mol. The van der Waals surface area contributed by atoms with Crippen molar-refractivity contribution in [2.45, 2.75) is 18.7 Å². The zero-order valence-electron chi connectivity index (χ0n) is 16.3. The number of hydrogen-bond donors (Lipinski definition) is 1. The molecule has 1 N–H and O–H groups in total. The van der Waals surface area contributed by atoms with Gasteiger partial charge in [0.15, 0.2) is 0 Å². The van der Waals surface area contributed by atoms with Crippen molar-refractivity contribution < 1.29 is 14.6 Å². The summed E-state index contributed by atoms with van der Waals surface area (Å²) in [6, 6.07) is 11.0. The number of aromatic nitrogens is 1. The van der Waals surface area contributed by atoms with Crippen molar-refractivity contribution in [3.8, 4) is 15.6 Å². The molecule has 0 spiro atoms. The van der Waals surface area contributed by atoms with E-state index in [4.69, 9.17) is 9.72 Å². The number of benzene rings is 1. The molecule has 0 unspecified atom stereocenters. The largest absolute Gasteiger partial charge is 0.497 e. The normalized spacial score (nSPS) is 19.1. The van der Waals surface area contributed by atoms with E-state index in [1.54, 1.807) is 58.9 Å². The number of likely N-dealkylation sites (N-methyl/N-ethyl adjacent to an activating group) is 1. The number of ether oxygens (including phenoxy) is 1. The molecule has 2 atom stereocenters. The molecule has 1 amide bonds. The summed E-state index contributed by atoms with van der Waals surface area (Å²) in [6.45, 7) is 1.45. The lowest BCUT2D eigenvalue weighted by Gasteiger charge is -2.25. The van der Waals surface area contributed by atoms with Crippen LogP contribution in [0.1, 0.15) is 16.1 Å². The highest BCUT2D eigenvalue weighted by atomic mass is 32.1. The molecule has 3 heterocycles. The van der Waals surface area contributed by atoms with Crippen molar-refractivity contribution in [3.05, 3.63) is 58.4 Å². The van der Waals surface area contributed by atoms with Gasteiger partial charge in [-0.3, -0.25) is 9.69 Å². The Bertz CT molecular complexity index is 956. The van der Waals surface area contributed by atoms with Crippen molar-refractivity contribution in [2.24, 2.45) is 0 Å². The van der Waals surface area contributed by atoms with Crippen LogP contribution in [0.4, 0.5) is 0 Å². The third kappa shape index (κ3) is 4.35. The van der Waals surface area contributed by atoms with Gasteiger partial charge in [-0.25, -0.2) is 4.98 Å². The van der Waals surface area contributed by atoms with E-state index in [0.717, 1.165) is 10.7 Å². The van der Waals surface area contributed by atoms with Crippen LogP contribution in [0.25, 0.3) is 9.88 Å². The zero-order chi connectivity index (χ0) is 20.4. The minimum atomic E-state index is -0.586. The molecule has 0 saturated carbocycles. The number of thiophene rings is 1. The number of likely N-dealkylation sites (tertiary alicyclic amines) is 1. The molecule has 0 aliphatic carbocycles. The molecule has 2 aromatic heterocycles. The van der Waals surface area contributed by atoms with Gasteiger partial charge in [-0.1, -0.05) is 6.07 Å². The van der Waals surface area contributed by atoms with E-state index in [9.17, 15) is 9.90 Å². The monoisotopic (exact) mass is 429 g/mol. The number of hydrogen-bond acceptors (Lipinski definition) is 7. The predicted octanol–water partition coefficient (Wildman–Crippen LogP) is 3.20. The van der Waals surface area contributed by atoms with Gasteiger partial charge >= 0.3 is 0 Å². The van der Waals surface area contributed by atoms with Gasteiger partial charge in [0.05, 0.1) is 29.8 Å². The summed E-state index contributed by atoms with van der Waals surface area (Å²) >= 11 is 3.31. The van der Waals surface area contributed by atoms with E-state index in [2.05, 4.69) is 16.3 Å². The van der Waals surface area contributed by atoms with E-state index >= 15 is 0 Å². The summed E-state index contributed by atoms with van der Waals surface area (Å²) in [4.78, 5) is 22.5. The summed E-state index contributed by atoms with van der Waals surface area (Å²) in [6.07, 6.45) is -0.586. The number of rotatable bonds is 6. The maximum absolute atomic E-state index is 12.8. The summed E-state index contributed by atoms with van der Waals surface area (Å²) in [5, 5.41) is 15.7. The SMILES string of the molecule is COc1ccc(C(=O)N2C[C@H](O)[C@@H](N(C)Cc3csc(-c4cccs4)n3)C2)cc1. The lowest BCUT2D eigenvalue weighted by atomic mass is 10.2. The van der Waals surface area contributed by atoms with E-state index in [1.807, 2.05) is 18.5 Å². The Morgan fingerprint density at radius 2 is 2.07 bits per heavy atom. The summed E-state index contributed by atoms with van der Waals surface area (Å²) in [5.41, 5.74) is 1.58. The first-order chi connectivity index (χ1) is 14.0. The van der Waals surface area contributed by atoms with Crippen molar-refractivity contribution in [1.29, 1.82) is 0 Å². The van der Waals surface area contributed by atoms with Crippen LogP contribution in [0.2, 0.25) is 0 Å². The molecule has 29 heavy (non-hydrogen) atoms. The second-order valence-electron chi connectivity index (χ2n) is 7.11. The standard InChI is InChI=1S/C21H23N3O3S2/c1-23(10-15-13-29-20(22-15)19-4-3-9-28-19)17-11-24(12-18(17)25)21(26)14-5-7-16(27-2)8-6-14/h3-9,13,17-18,25H,10-12H2,1-2H3/t17-,18-/m0/s1. The number of amides is 1. The van der Waals surface area contributed by atoms with Gasteiger partial charge in [0.25, 0.3) is 5.91 Å². The Kier molecular flexibility index (Phi) is 5.96. The highest BCUT2D eigenvalue weighted by molar-refractivity contribution is 7.20. The van der Waals surface area contributed by atoms with Crippen LogP contribution >= 0.6 is 22.7 Å². The first-order valence-corrected chi connectivity index (χ1v) is 11.1. The Morgan fingerprint density at radius 3 is 2.76 bits per heavy atom. The Morgan fingerprint density at radius 1 is 1.28 bits per heavy atom. The average Bonchev–Trinajstić information content (AvgIpc) is 3.48. The van der Waals surface area contributed by atoms with E-state index in [-0.39, 0.29) is 11.9 Å². The van der Waals surface area contributed by atoms with Gasteiger partial charge in [0.2, 0.25) is 0 Å². The highest BCUT2D eigenvalue weighted by Gasteiger charge is 2.36. The second-order valence-corrected chi connectivity index (χ2v) is 8.92. The summed E-state index contributed by atoms with van der Waals surface area (Å²) < 4.78 is 5.15. The first-order valence-electron chi connectivity index (χ1n) is 9.35. The van der Waals surface area contributed by atoms with Crippen LogP contribution < -0.4 is 4.74 Å². The Labute approximate surface area is 178 Å². The number of aliphatic hydroxyl groups is 1. The van der Waals surface area contributed by atoms with E-state index in [0.29, 0.717) is 30.9 Å². The van der Waals surface area contributed by atoms with Crippen LogP contribution in [0.5, 0.6) is 5.75 Å². The first kappa shape index (κ1) is 20.0. The van der Waals surface area contributed by atoms with Gasteiger partial charge < -0.3 is 14.7 Å². The predicted molar refractivity (Wildman–Crippen MR) is 116 cm³/mol. The van der Waals surface area contributed by atoms with Gasteiger partial charge in [-0.2, -0.15) is 0 Å². The van der Waals surface area contributed by atoms with Gasteiger partial charge in [-0.05, 0) is 42.8 Å². The van der Waals surface area contributed by atoms with Gasteiger partial charge in [0.1, 0.15) is 10.8 Å². The third-order valence-electron chi connectivity index (χ3n) is 5.14. The smallest absolute Gasteiger partial charge is 0.254 e. The molecule has 152 valence electrons. The molecular formula is C21H23N3O3S2. The zero-order valence-corrected chi connectivity index (χ0v) is 17.9. The van der Waals surface area contributed by atoms with Crippen molar-refractivity contribution in [3.63, 3.8) is 0 Å². The Balaban J connectivity index is 1.39. The van der Waals surface area contributed by atoms with Crippen LogP contribution in [-0.4, -0.2) is 65.2 Å². The molecule has 0 bridgehead atoms. The molecular weight excluding hydrogens is 406 g/mol. The number of carbonyl (C=O) groups excluding carboxylic acids is 1. The number of carbonyl (C=O) groups is 1. The van der Waals surface area contributed by atoms with Crippen molar-refractivity contribution in [2.75, 3.05) is 27.2 Å². The minimum Gasteiger partial charge on any atom is -0.497 e. The Hall–Kier alpha value is -2.26. The summed E-state index contributed by atoms with van der Waals surface area (Å²) in [5.74, 6) is 0.641. The number of aliphatic hydroxyl groups excluding tert-OH is 1. The van der Waals surface area contributed by atoms with E-state index in [1.165, 1.54) is 4.88 Å². The van der Waals surface area contributed by atoms with Crippen LogP contribution in [0.15, 0.2) is 47.2 Å². The fourth-order valence-corrected chi connectivity index (χ4v) is 5.18. The maximum atomic E-state index is 12.8. The molecule has 1 aliphatic heterocycles. The fraction of sp³-hybridized carbons (Fsp3) is 0.333. The van der Waals surface area contributed by atoms with Crippen molar-refractivity contribution in [1.82, 2.24) is 14.8 Å². The molecule has 3 aromatic rings. The lowest BCUT2D eigenvalue weighted by molar-refractivity contribution is 0.0762. The molecule has 1 aliphatic rings. The number of β-amino-alcohol motifs (C(OH)–C–C–N with tert-alkyl or cyclic N) is 1. The molecule has 1 aromatic carbocycles. The third-order valence-corrected chi connectivity index (χ3v) is 7.07. The summed E-state index contributed by atoms with van der Waals surface area (Å²) in [7, 11) is 3.57. The van der Waals surface area contributed by atoms with Crippen LogP contribution in [-0.2, 0) is 6.54 Å². The number of thiazole rings is 1. The molecule has 1 saturated heterocycles. The molecule has 4 rings (SSSR count). The van der Waals surface area contributed by atoms with Crippen molar-refractivity contribution >= 4 is 28.6 Å². The quantitative estimate of drug-likeness (QED) is 0.652. The van der Waals surface area contributed by atoms with Crippen LogP contribution in [0, 0.1) is 0 Å². The fourth-order valence-electron chi connectivity index (χ4n) is 3.55. The lowest BCUT2D eigenvalue weighted by Crippen LogP contribution is -2.40. The minimum absolute atomic E-state index is 0.0729. The second kappa shape index (κ2) is 8.62. The highest BCUT2D eigenvalue weighted by Crippen LogP contribution is 2.28.